The maximum Gasteiger partial charge on any atom is 0.432 e. The van der Waals surface area contributed by atoms with Crippen LogP contribution in [0.3, 0.4) is 0 Å². The summed E-state index contributed by atoms with van der Waals surface area (Å²) in [5, 5.41) is 0. The molecular formula is C2H8Br2O2Si. The highest BCUT2D eigenvalue weighted by molar-refractivity contribution is 8.93. The van der Waals surface area contributed by atoms with Crippen LogP contribution in [-0.2, 0) is 8.85 Å². The smallest absolute Gasteiger partial charge is 0.396 e. The average Bonchev–Trinajstić information content (AvgIpc) is 1.41. The summed E-state index contributed by atoms with van der Waals surface area (Å²) in [6.45, 7) is 0. The average molecular weight is 252 g/mol. The minimum absolute atomic E-state index is 0. The number of rotatable bonds is 2. The number of hydrogen-bond donors (Lipinski definition) is 0. The van der Waals surface area contributed by atoms with E-state index < -0.39 is 0 Å². The molecule has 7 heavy (non-hydrogen) atoms. The molecule has 2 radical (unpaired) electrons. The van der Waals surface area contributed by atoms with Crippen molar-refractivity contribution in [3.05, 3.63) is 0 Å². The van der Waals surface area contributed by atoms with Gasteiger partial charge >= 0.3 is 10.0 Å². The summed E-state index contributed by atoms with van der Waals surface area (Å²) >= 11 is 0. The predicted molar refractivity (Wildman–Crippen MR) is 40.4 cm³/mol. The van der Waals surface area contributed by atoms with E-state index in [2.05, 4.69) is 8.85 Å². The van der Waals surface area contributed by atoms with Crippen LogP contribution in [0.2, 0.25) is 0 Å². The molecule has 0 saturated carbocycles. The van der Waals surface area contributed by atoms with Gasteiger partial charge in [-0.25, -0.2) is 0 Å². The van der Waals surface area contributed by atoms with Gasteiger partial charge in [0.1, 0.15) is 0 Å². The van der Waals surface area contributed by atoms with Gasteiger partial charge < -0.3 is 8.85 Å². The molecule has 0 aliphatic carbocycles. The maximum absolute atomic E-state index is 4.50. The van der Waals surface area contributed by atoms with Crippen LogP contribution in [-0.4, -0.2) is 24.2 Å². The van der Waals surface area contributed by atoms with Gasteiger partial charge in [0, 0.05) is 14.2 Å². The van der Waals surface area contributed by atoms with Crippen LogP contribution in [0.15, 0.2) is 0 Å². The lowest BCUT2D eigenvalue weighted by atomic mass is 11.8. The Morgan fingerprint density at radius 2 is 1.29 bits per heavy atom. The Morgan fingerprint density at radius 3 is 1.29 bits per heavy atom. The number of halogens is 2. The molecule has 0 aromatic rings. The largest absolute Gasteiger partial charge is 0.432 e. The summed E-state index contributed by atoms with van der Waals surface area (Å²) in [5.74, 6) is 0. The molecule has 0 bridgehead atoms. The van der Waals surface area contributed by atoms with E-state index in [-0.39, 0.29) is 44.0 Å². The first-order valence-corrected chi connectivity index (χ1v) is 2.04. The van der Waals surface area contributed by atoms with E-state index in [4.69, 9.17) is 0 Å². The second-order valence-corrected chi connectivity index (χ2v) is 1.47. The van der Waals surface area contributed by atoms with Gasteiger partial charge in [-0.1, -0.05) is 0 Å². The standard InChI is InChI=1S/C2H6O2Si.2BrH/c1-3-5-4-2;;/h1-2H3;2*1H. The second kappa shape index (κ2) is 15.7. The monoisotopic (exact) mass is 250 g/mol. The van der Waals surface area contributed by atoms with Gasteiger partial charge in [-0.3, -0.25) is 0 Å². The van der Waals surface area contributed by atoms with Crippen molar-refractivity contribution in [2.45, 2.75) is 0 Å². The molecule has 0 rings (SSSR count). The Balaban J connectivity index is -0.0000000800. The van der Waals surface area contributed by atoms with Crippen molar-refractivity contribution in [1.29, 1.82) is 0 Å². The van der Waals surface area contributed by atoms with E-state index in [1.54, 1.807) is 14.2 Å². The topological polar surface area (TPSA) is 18.5 Å². The third-order valence-corrected chi connectivity index (χ3v) is 0.500. The van der Waals surface area contributed by atoms with Crippen LogP contribution < -0.4 is 0 Å². The second-order valence-electron chi connectivity index (χ2n) is 0.492. The van der Waals surface area contributed by atoms with Gasteiger partial charge in [0.25, 0.3) is 0 Å². The van der Waals surface area contributed by atoms with Crippen molar-refractivity contribution in [3.8, 4) is 0 Å². The predicted octanol–water partition coefficient (Wildman–Crippen LogP) is 0.969. The Hall–Kier alpha value is 1.10. The fourth-order valence-corrected chi connectivity index (χ4v) is 0.250. The lowest BCUT2D eigenvalue weighted by Crippen LogP contribution is -1.93. The molecule has 0 aliphatic heterocycles. The molecule has 0 N–H and O–H groups in total. The minimum Gasteiger partial charge on any atom is -0.396 e. The molecule has 0 aromatic carbocycles. The van der Waals surface area contributed by atoms with E-state index in [1.165, 1.54) is 0 Å². The first-order valence-electron chi connectivity index (χ1n) is 1.22. The van der Waals surface area contributed by atoms with Crippen LogP contribution >= 0.6 is 34.0 Å². The Kier molecular flexibility index (Phi) is 35.2. The van der Waals surface area contributed by atoms with E-state index in [0.717, 1.165) is 0 Å². The fraction of sp³-hybridized carbons (Fsp3) is 1.00. The van der Waals surface area contributed by atoms with E-state index in [1.807, 2.05) is 0 Å². The van der Waals surface area contributed by atoms with E-state index >= 15 is 0 Å². The third kappa shape index (κ3) is 19.2. The van der Waals surface area contributed by atoms with Crippen molar-refractivity contribution in [2.75, 3.05) is 14.2 Å². The van der Waals surface area contributed by atoms with Gasteiger partial charge in [0.15, 0.2) is 0 Å². The van der Waals surface area contributed by atoms with Crippen molar-refractivity contribution in [2.24, 2.45) is 0 Å². The molecule has 2 nitrogen and oxygen atoms in total. The third-order valence-electron chi connectivity index (χ3n) is 0.167. The summed E-state index contributed by atoms with van der Waals surface area (Å²) in [6.07, 6.45) is 0. The van der Waals surface area contributed by atoms with Gasteiger partial charge in [0.2, 0.25) is 0 Å². The lowest BCUT2D eigenvalue weighted by molar-refractivity contribution is 0.309. The SMILES string of the molecule is Br.Br.CO[Si]OC. The fourth-order valence-electron chi connectivity index (χ4n) is 0.0833. The molecule has 0 aromatic heterocycles. The molecule has 0 aliphatic rings. The molecule has 0 heterocycles. The molecule has 0 atom stereocenters. The molecule has 0 fully saturated rings. The molecule has 46 valence electrons. The highest BCUT2D eigenvalue weighted by atomic mass is 79.9. The number of hydrogen-bond acceptors (Lipinski definition) is 2. The summed E-state index contributed by atoms with van der Waals surface area (Å²) in [6, 6.07) is 0. The normalized spacial score (nSPS) is 6.00. The molecule has 0 spiro atoms. The van der Waals surface area contributed by atoms with Crippen molar-refractivity contribution in [1.82, 2.24) is 0 Å². The quantitative estimate of drug-likeness (QED) is 0.682. The minimum atomic E-state index is 0. The van der Waals surface area contributed by atoms with Crippen LogP contribution in [0.25, 0.3) is 0 Å². The van der Waals surface area contributed by atoms with Crippen molar-refractivity contribution in [3.63, 3.8) is 0 Å². The molecule has 0 unspecified atom stereocenters. The maximum atomic E-state index is 4.50. The lowest BCUT2D eigenvalue weighted by Gasteiger charge is -1.82. The van der Waals surface area contributed by atoms with Crippen LogP contribution in [0.4, 0.5) is 0 Å². The summed E-state index contributed by atoms with van der Waals surface area (Å²) in [5.41, 5.74) is 0. The first kappa shape index (κ1) is 15.7. The van der Waals surface area contributed by atoms with Crippen molar-refractivity contribution >= 4 is 44.0 Å². The summed E-state index contributed by atoms with van der Waals surface area (Å²) in [7, 11) is 3.40. The van der Waals surface area contributed by atoms with Crippen LogP contribution in [0.5, 0.6) is 0 Å². The highest BCUT2D eigenvalue weighted by Crippen LogP contribution is 1.55. The van der Waals surface area contributed by atoms with Crippen LogP contribution in [0.1, 0.15) is 0 Å². The highest BCUT2D eigenvalue weighted by Gasteiger charge is 1.73. The molecule has 0 saturated heterocycles. The van der Waals surface area contributed by atoms with Crippen molar-refractivity contribution < 1.29 is 8.85 Å². The Bertz CT molecular complexity index is 21.2. The molecule has 0 amide bonds. The first-order chi connectivity index (χ1) is 2.41. The summed E-state index contributed by atoms with van der Waals surface area (Å²) < 4.78 is 8.99. The van der Waals surface area contributed by atoms with E-state index in [0.29, 0.717) is 0 Å². The zero-order chi connectivity index (χ0) is 4.12. The van der Waals surface area contributed by atoms with Gasteiger partial charge in [-0.05, 0) is 0 Å². The molecular weight excluding hydrogens is 244 g/mol. The van der Waals surface area contributed by atoms with Crippen LogP contribution in [0, 0.1) is 0 Å². The van der Waals surface area contributed by atoms with Gasteiger partial charge in [-0.2, -0.15) is 0 Å². The van der Waals surface area contributed by atoms with E-state index in [9.17, 15) is 0 Å². The zero-order valence-electron chi connectivity index (χ0n) is 4.13. The summed E-state index contributed by atoms with van der Waals surface area (Å²) in [4.78, 5) is 0. The Morgan fingerprint density at radius 1 is 1.00 bits per heavy atom. The van der Waals surface area contributed by atoms with Gasteiger partial charge in [0.05, 0.1) is 0 Å². The van der Waals surface area contributed by atoms with Gasteiger partial charge in [-0.15, -0.1) is 34.0 Å². The molecule has 5 heteroatoms. The Labute approximate surface area is 67.2 Å². The zero-order valence-corrected chi connectivity index (χ0v) is 8.56.